The summed E-state index contributed by atoms with van der Waals surface area (Å²) in [6, 6.07) is 14.5. The van der Waals surface area contributed by atoms with Gasteiger partial charge in [-0.1, -0.05) is 68.5 Å². The normalized spacial score (nSPS) is 35.8. The highest BCUT2D eigenvalue weighted by atomic mass is 16.7. The number of nitrogens with one attached hydrogen (secondary N) is 1. The molecule has 3 aliphatic carbocycles. The number of allylic oxidation sites excluding steroid dienone is 1. The number of ether oxygens (including phenoxy) is 7. The first-order valence-electron chi connectivity index (χ1n) is 22.8. The monoisotopic (exact) mass is 963 g/mol. The van der Waals surface area contributed by atoms with Gasteiger partial charge in [-0.3, -0.25) is 19.2 Å². The van der Waals surface area contributed by atoms with Gasteiger partial charge in [-0.25, -0.2) is 9.59 Å². The summed E-state index contributed by atoms with van der Waals surface area (Å²) in [6.07, 6.45) is -16.3. The third kappa shape index (κ3) is 8.92. The molecule has 0 aromatic heterocycles. The lowest BCUT2D eigenvalue weighted by atomic mass is 9.44. The van der Waals surface area contributed by atoms with Crippen LogP contribution < -0.4 is 5.32 Å². The Bertz CT molecular complexity index is 2390. The molecule has 374 valence electrons. The molecule has 4 fully saturated rings. The fourth-order valence-corrected chi connectivity index (χ4v) is 11.0. The quantitative estimate of drug-likeness (QED) is 0.0766. The van der Waals surface area contributed by atoms with Gasteiger partial charge in [0.2, 0.25) is 5.91 Å². The molecule has 2 unspecified atom stereocenters. The second kappa shape index (κ2) is 19.4. The Kier molecular flexibility index (Phi) is 14.5. The van der Waals surface area contributed by atoms with E-state index in [2.05, 4.69) is 5.32 Å². The number of fused-ring (bicyclic) bond motifs is 5. The van der Waals surface area contributed by atoms with E-state index in [4.69, 9.17) is 33.2 Å². The number of aliphatic hydroxyl groups excluding tert-OH is 4. The van der Waals surface area contributed by atoms with Crippen LogP contribution in [0.4, 0.5) is 0 Å². The van der Waals surface area contributed by atoms with Crippen molar-refractivity contribution >= 4 is 35.6 Å². The van der Waals surface area contributed by atoms with E-state index in [9.17, 15) is 49.5 Å². The van der Waals surface area contributed by atoms with Crippen LogP contribution in [0.25, 0.3) is 0 Å². The number of aliphatic hydroxyl groups is 5. The van der Waals surface area contributed by atoms with Crippen molar-refractivity contribution in [3.63, 3.8) is 0 Å². The molecule has 2 aromatic rings. The molecular formula is C50H61NO18. The first-order valence-corrected chi connectivity index (χ1v) is 22.8. The number of Topliss-reactive ketones (excluding diaryl/α,β-unsaturated/α-hetero) is 1. The van der Waals surface area contributed by atoms with Gasteiger partial charge in [-0.15, -0.1) is 0 Å². The zero-order chi connectivity index (χ0) is 50.5. The van der Waals surface area contributed by atoms with Crippen LogP contribution in [0.15, 0.2) is 83.5 Å². The first-order chi connectivity index (χ1) is 32.4. The van der Waals surface area contributed by atoms with E-state index in [0.717, 1.165) is 13.8 Å². The summed E-state index contributed by atoms with van der Waals surface area (Å²) >= 11 is 0. The second-order valence-electron chi connectivity index (χ2n) is 19.3. The number of carbonyl (C=O) groups is 6. The topological polar surface area (TPSA) is 280 Å². The third-order valence-corrected chi connectivity index (χ3v) is 15.0. The molecule has 2 heterocycles. The third-order valence-electron chi connectivity index (χ3n) is 15.0. The largest absolute Gasteiger partial charge is 0.456 e. The lowest BCUT2D eigenvalue weighted by molar-refractivity contribution is -0.366. The number of rotatable bonds is 12. The molecule has 2 aromatic carbocycles. The molecule has 0 spiro atoms. The number of hydrogen-bond acceptors (Lipinski definition) is 18. The zero-order valence-corrected chi connectivity index (χ0v) is 39.7. The number of benzene rings is 2. The predicted molar refractivity (Wildman–Crippen MR) is 238 cm³/mol. The van der Waals surface area contributed by atoms with Crippen LogP contribution in [0.2, 0.25) is 0 Å². The Morgan fingerprint density at radius 3 is 2.09 bits per heavy atom. The van der Waals surface area contributed by atoms with Crippen LogP contribution in [-0.2, 0) is 57.1 Å². The van der Waals surface area contributed by atoms with Crippen LogP contribution in [0, 0.1) is 16.7 Å². The fraction of sp³-hybridized carbons (Fsp3) is 0.560. The summed E-state index contributed by atoms with van der Waals surface area (Å²) in [6.45, 7) is 10.4. The second-order valence-corrected chi connectivity index (χ2v) is 19.3. The average Bonchev–Trinajstić information content (AvgIpc) is 3.30. The van der Waals surface area contributed by atoms with E-state index in [-0.39, 0.29) is 28.7 Å². The van der Waals surface area contributed by atoms with Crippen molar-refractivity contribution in [2.75, 3.05) is 13.2 Å². The molecule has 6 N–H and O–H groups in total. The summed E-state index contributed by atoms with van der Waals surface area (Å²) in [7, 11) is 0. The van der Waals surface area contributed by atoms with Gasteiger partial charge in [0.05, 0.1) is 42.3 Å². The molecule has 2 saturated carbocycles. The van der Waals surface area contributed by atoms with E-state index in [1.165, 1.54) is 39.8 Å². The highest BCUT2D eigenvalue weighted by molar-refractivity contribution is 5.96. The minimum absolute atomic E-state index is 0.0145. The summed E-state index contributed by atoms with van der Waals surface area (Å²) in [5, 5.41) is 60.6. The van der Waals surface area contributed by atoms with E-state index in [1.807, 2.05) is 0 Å². The SMILES string of the molecule is C/C=C(\C)C(=O)NC(c1ccccc1)[C@@H](O)C(=O)O[C@H]1C[C@@]2(O)[C@@H](OC(=O)c3ccccc3)[C@@H]3[C@]4(OC(C)=O)CO[C@@H]4C[C@H](OC4OC[C@H](O)[C@@H](O)[C@@H]4O)[C@@]3(C)C(=O)[C@H](OC(C)=O)C(=C1C)C2(C)C. The molecule has 5 aliphatic rings. The van der Waals surface area contributed by atoms with Crippen LogP contribution >= 0.6 is 0 Å². The van der Waals surface area contributed by atoms with Gasteiger partial charge < -0.3 is 64.0 Å². The predicted octanol–water partition coefficient (Wildman–Crippen LogP) is 1.85. The summed E-state index contributed by atoms with van der Waals surface area (Å²) in [4.78, 5) is 85.0. The standard InChI is InChI=1S/C50H61NO18/c1-9-24(2)43(59)51-35(28-16-12-10-13-17-28)37(56)45(61)66-31-21-50(62)42(68-44(60)29-18-14-11-15-19-29)40-48(8,41(58)39(65-26(4)52)34(25(31)3)47(50,6)7)32(20-33-49(40,23-64-33)69-27(5)53)67-46-38(57)36(55)30(54)22-63-46/h9-19,30-33,35-40,42,46,54-57,62H,20-23H2,1-8H3,(H,51,59)/b24-9+/t30-,31-,32-,33+,35?,36+,37+,38-,39+,40-,42-,46?,48+,49-,50+/m0/s1. The molecule has 19 heteroatoms. The Hall–Kier alpha value is -5.38. The van der Waals surface area contributed by atoms with Gasteiger partial charge in [0.15, 0.2) is 29.9 Å². The van der Waals surface area contributed by atoms with Gasteiger partial charge in [0.25, 0.3) is 0 Å². The molecule has 2 saturated heterocycles. The first kappa shape index (κ1) is 51.5. The van der Waals surface area contributed by atoms with Gasteiger partial charge in [0, 0.05) is 37.7 Å². The fourth-order valence-electron chi connectivity index (χ4n) is 11.0. The lowest BCUT2D eigenvalue weighted by Crippen LogP contribution is -2.82. The minimum atomic E-state index is -2.50. The van der Waals surface area contributed by atoms with Gasteiger partial charge >= 0.3 is 23.9 Å². The number of esters is 4. The zero-order valence-electron chi connectivity index (χ0n) is 39.7. The number of hydrogen-bond donors (Lipinski definition) is 6. The van der Waals surface area contributed by atoms with Crippen molar-refractivity contribution in [2.24, 2.45) is 16.7 Å². The Morgan fingerprint density at radius 2 is 1.51 bits per heavy atom. The number of ketones is 1. The molecule has 1 amide bonds. The maximum atomic E-state index is 16.2. The van der Waals surface area contributed by atoms with Crippen LogP contribution in [0.3, 0.4) is 0 Å². The van der Waals surface area contributed by atoms with Crippen LogP contribution in [0.1, 0.15) is 90.2 Å². The lowest BCUT2D eigenvalue weighted by Gasteiger charge is -2.68. The van der Waals surface area contributed by atoms with Crippen LogP contribution in [-0.4, -0.2) is 147 Å². The van der Waals surface area contributed by atoms with E-state index >= 15 is 4.79 Å². The molecule has 0 radical (unpaired) electrons. The van der Waals surface area contributed by atoms with Crippen molar-refractivity contribution in [2.45, 2.75) is 147 Å². The molecular weight excluding hydrogens is 903 g/mol. The van der Waals surface area contributed by atoms with Gasteiger partial charge in [0.1, 0.15) is 42.2 Å². The van der Waals surface area contributed by atoms with Crippen molar-refractivity contribution in [1.82, 2.24) is 5.32 Å². The van der Waals surface area contributed by atoms with Crippen molar-refractivity contribution in [1.29, 1.82) is 0 Å². The van der Waals surface area contributed by atoms with E-state index < -0.39 is 150 Å². The minimum Gasteiger partial charge on any atom is -0.456 e. The van der Waals surface area contributed by atoms with Crippen LogP contribution in [0.5, 0.6) is 0 Å². The number of carbonyl (C=O) groups excluding carboxylic acids is 6. The van der Waals surface area contributed by atoms with E-state index in [0.29, 0.717) is 5.56 Å². The molecule has 19 nitrogen and oxygen atoms in total. The summed E-state index contributed by atoms with van der Waals surface area (Å²) < 4.78 is 43.0. The summed E-state index contributed by atoms with van der Waals surface area (Å²) in [5.74, 6) is -7.25. The Balaban J connectivity index is 1.44. The van der Waals surface area contributed by atoms with Gasteiger partial charge in [-0.2, -0.15) is 0 Å². The highest BCUT2D eigenvalue weighted by Gasteiger charge is 2.79. The molecule has 15 atom stereocenters. The Labute approximate surface area is 398 Å². The number of amides is 1. The molecule has 2 bridgehead atoms. The maximum Gasteiger partial charge on any atom is 0.338 e. The van der Waals surface area contributed by atoms with E-state index in [1.54, 1.807) is 68.5 Å². The smallest absolute Gasteiger partial charge is 0.338 e. The van der Waals surface area contributed by atoms with Crippen molar-refractivity contribution < 1.29 is 87.5 Å². The Morgan fingerprint density at radius 1 is 0.870 bits per heavy atom. The molecule has 69 heavy (non-hydrogen) atoms. The van der Waals surface area contributed by atoms with Crippen molar-refractivity contribution in [3.05, 3.63) is 94.6 Å². The molecule has 2 aliphatic heterocycles. The summed E-state index contributed by atoms with van der Waals surface area (Å²) in [5.41, 5.74) is -7.65. The highest BCUT2D eigenvalue weighted by Crippen LogP contribution is 2.65. The van der Waals surface area contributed by atoms with Gasteiger partial charge in [-0.05, 0) is 56.5 Å². The average molecular weight is 964 g/mol. The van der Waals surface area contributed by atoms with Crippen molar-refractivity contribution in [3.8, 4) is 0 Å². The maximum absolute atomic E-state index is 16.2. The molecule has 7 rings (SSSR count).